The lowest BCUT2D eigenvalue weighted by atomic mass is 9.95. The number of carbonyl (C=O) groups is 2. The average Bonchev–Trinajstić information content (AvgIpc) is 3.20. The maximum atomic E-state index is 13.6. The number of amides is 1. The van der Waals surface area contributed by atoms with Crippen molar-refractivity contribution in [3.05, 3.63) is 71.8 Å². The minimum atomic E-state index is -0.525. The summed E-state index contributed by atoms with van der Waals surface area (Å²) in [4.78, 5) is 28.1. The Kier molecular flexibility index (Phi) is 5.95. The molecule has 1 aliphatic carbocycles. The molecule has 1 N–H and O–H groups in total. The molecule has 4 rings (SSSR count). The first-order chi connectivity index (χ1) is 14.2. The molecule has 0 radical (unpaired) electrons. The van der Waals surface area contributed by atoms with Crippen LogP contribution in [0, 0.1) is 0 Å². The summed E-state index contributed by atoms with van der Waals surface area (Å²) >= 11 is 0. The molecule has 1 amide bonds. The Balaban J connectivity index is 1.54. The third-order valence-electron chi connectivity index (χ3n) is 6.11. The first-order valence-electron chi connectivity index (χ1n) is 10.5. The van der Waals surface area contributed by atoms with Gasteiger partial charge < -0.3 is 15.0 Å². The lowest BCUT2D eigenvalue weighted by molar-refractivity contribution is -0.153. The van der Waals surface area contributed by atoms with Gasteiger partial charge in [0, 0.05) is 0 Å². The molecular weight excluding hydrogens is 364 g/mol. The van der Waals surface area contributed by atoms with Crippen molar-refractivity contribution >= 4 is 11.9 Å². The summed E-state index contributed by atoms with van der Waals surface area (Å²) in [5.41, 5.74) is 1.48. The van der Waals surface area contributed by atoms with E-state index in [1.54, 1.807) is 4.90 Å². The Morgan fingerprint density at radius 2 is 1.69 bits per heavy atom. The number of nitrogens with one attached hydrogen (secondary N) is 1. The minimum Gasteiger partial charge on any atom is -0.459 e. The molecule has 5 nitrogen and oxygen atoms in total. The van der Waals surface area contributed by atoms with Crippen LogP contribution in [-0.2, 0) is 20.9 Å². The molecule has 0 aromatic heterocycles. The van der Waals surface area contributed by atoms with Crippen molar-refractivity contribution in [2.45, 2.75) is 50.3 Å². The van der Waals surface area contributed by atoms with Gasteiger partial charge in [0.1, 0.15) is 13.2 Å². The number of benzene rings is 2. The highest BCUT2D eigenvalue weighted by Crippen LogP contribution is 2.37. The van der Waals surface area contributed by atoms with Crippen molar-refractivity contribution in [2.75, 3.05) is 13.1 Å². The fourth-order valence-electron chi connectivity index (χ4n) is 4.59. The van der Waals surface area contributed by atoms with E-state index < -0.39 is 5.54 Å². The molecular formula is C24H28N2O3. The zero-order chi connectivity index (χ0) is 20.1. The Morgan fingerprint density at radius 1 is 1.03 bits per heavy atom. The molecule has 1 heterocycles. The molecule has 5 heteroatoms. The molecule has 29 heavy (non-hydrogen) atoms. The fraction of sp³-hybridized carbons (Fsp3) is 0.417. The van der Waals surface area contributed by atoms with Crippen molar-refractivity contribution in [1.82, 2.24) is 10.2 Å². The van der Waals surface area contributed by atoms with Gasteiger partial charge in [-0.05, 0) is 36.9 Å². The molecule has 1 atom stereocenters. The van der Waals surface area contributed by atoms with Crippen LogP contribution in [0.4, 0.5) is 0 Å². The van der Waals surface area contributed by atoms with Gasteiger partial charge in [-0.2, -0.15) is 0 Å². The maximum Gasteiger partial charge on any atom is 0.325 e. The van der Waals surface area contributed by atoms with Gasteiger partial charge >= 0.3 is 5.97 Å². The Labute approximate surface area is 172 Å². The Morgan fingerprint density at radius 3 is 2.38 bits per heavy atom. The molecule has 1 spiro atoms. The number of carbonyl (C=O) groups excluding carboxylic acids is 2. The van der Waals surface area contributed by atoms with Crippen molar-refractivity contribution < 1.29 is 14.3 Å². The van der Waals surface area contributed by atoms with Gasteiger partial charge in [-0.3, -0.25) is 9.59 Å². The lowest BCUT2D eigenvalue weighted by Crippen LogP contribution is -2.55. The van der Waals surface area contributed by atoms with Crippen LogP contribution in [0.15, 0.2) is 60.7 Å². The number of hydrogen-bond donors (Lipinski definition) is 1. The van der Waals surface area contributed by atoms with Crippen molar-refractivity contribution in [1.29, 1.82) is 0 Å². The SMILES string of the molecule is O=C(CN1C(=O)C2(CCCC2)NCC[C@H]1c1ccccc1)OCc1ccccc1. The monoisotopic (exact) mass is 392 g/mol. The van der Waals surface area contributed by atoms with Gasteiger partial charge in [-0.25, -0.2) is 0 Å². The van der Waals surface area contributed by atoms with E-state index >= 15 is 0 Å². The van der Waals surface area contributed by atoms with Gasteiger partial charge in [-0.1, -0.05) is 73.5 Å². The number of nitrogens with zero attached hydrogens (tertiary/aromatic N) is 1. The van der Waals surface area contributed by atoms with Crippen molar-refractivity contribution in [3.8, 4) is 0 Å². The summed E-state index contributed by atoms with van der Waals surface area (Å²) in [6.07, 6.45) is 4.54. The second-order valence-electron chi connectivity index (χ2n) is 8.01. The van der Waals surface area contributed by atoms with Gasteiger partial charge in [-0.15, -0.1) is 0 Å². The van der Waals surface area contributed by atoms with E-state index in [0.29, 0.717) is 0 Å². The first kappa shape index (κ1) is 19.6. The Bertz CT molecular complexity index is 832. The highest BCUT2D eigenvalue weighted by Gasteiger charge is 2.47. The van der Waals surface area contributed by atoms with Crippen molar-refractivity contribution in [2.24, 2.45) is 0 Å². The number of esters is 1. The first-order valence-corrected chi connectivity index (χ1v) is 10.5. The quantitative estimate of drug-likeness (QED) is 0.790. The minimum absolute atomic E-state index is 0.0192. The number of rotatable bonds is 5. The van der Waals surface area contributed by atoms with Gasteiger partial charge in [0.25, 0.3) is 0 Å². The normalized spacial score (nSPS) is 21.2. The summed E-state index contributed by atoms with van der Waals surface area (Å²) in [6, 6.07) is 19.5. The Hall–Kier alpha value is -2.66. The summed E-state index contributed by atoms with van der Waals surface area (Å²) in [5.74, 6) is -0.323. The summed E-state index contributed by atoms with van der Waals surface area (Å²) in [5, 5.41) is 3.52. The van der Waals surface area contributed by atoms with Crippen LogP contribution in [0.25, 0.3) is 0 Å². The van der Waals surface area contributed by atoms with Crippen LogP contribution >= 0.6 is 0 Å². The largest absolute Gasteiger partial charge is 0.459 e. The van der Waals surface area contributed by atoms with Crippen LogP contribution in [-0.4, -0.2) is 35.4 Å². The van der Waals surface area contributed by atoms with Crippen molar-refractivity contribution in [3.63, 3.8) is 0 Å². The summed E-state index contributed by atoms with van der Waals surface area (Å²) in [7, 11) is 0. The van der Waals surface area contributed by atoms with Crippen LogP contribution in [0.2, 0.25) is 0 Å². The molecule has 0 bridgehead atoms. The standard InChI is InChI=1S/C24H28N2O3/c27-22(29-18-19-9-3-1-4-10-19)17-26-21(20-11-5-2-6-12-20)13-16-25-24(23(26)28)14-7-8-15-24/h1-6,9-12,21,25H,7-8,13-18H2/t21-/m0/s1. The van der Waals surface area contributed by atoms with Crippen LogP contribution in [0.1, 0.15) is 49.3 Å². The van der Waals surface area contributed by atoms with Crippen LogP contribution in [0.5, 0.6) is 0 Å². The zero-order valence-electron chi connectivity index (χ0n) is 16.7. The predicted octanol–water partition coefficient (Wildman–Crippen LogP) is 3.61. The third-order valence-corrected chi connectivity index (χ3v) is 6.11. The number of ether oxygens (including phenoxy) is 1. The van der Waals surface area contributed by atoms with E-state index in [0.717, 1.165) is 49.8 Å². The van der Waals surface area contributed by atoms with Crippen LogP contribution in [0.3, 0.4) is 0 Å². The second kappa shape index (κ2) is 8.78. The fourth-order valence-corrected chi connectivity index (χ4v) is 4.59. The second-order valence-corrected chi connectivity index (χ2v) is 8.01. The predicted molar refractivity (Wildman–Crippen MR) is 111 cm³/mol. The highest BCUT2D eigenvalue weighted by atomic mass is 16.5. The van der Waals surface area contributed by atoms with Gasteiger partial charge in [0.2, 0.25) is 5.91 Å². The van der Waals surface area contributed by atoms with Gasteiger partial charge in [0.15, 0.2) is 0 Å². The number of hydrogen-bond acceptors (Lipinski definition) is 4. The molecule has 2 aliphatic rings. The molecule has 152 valence electrons. The maximum absolute atomic E-state index is 13.6. The van der Waals surface area contributed by atoms with E-state index in [4.69, 9.17) is 4.74 Å². The van der Waals surface area contributed by atoms with Crippen LogP contribution < -0.4 is 5.32 Å². The van der Waals surface area contributed by atoms with E-state index in [9.17, 15) is 9.59 Å². The van der Waals surface area contributed by atoms with E-state index in [-0.39, 0.29) is 31.1 Å². The van der Waals surface area contributed by atoms with E-state index in [1.807, 2.05) is 60.7 Å². The molecule has 2 aromatic rings. The van der Waals surface area contributed by atoms with E-state index in [2.05, 4.69) is 5.32 Å². The summed E-state index contributed by atoms with van der Waals surface area (Å²) in [6.45, 7) is 0.969. The molecule has 2 aromatic carbocycles. The molecule has 1 saturated heterocycles. The highest BCUT2D eigenvalue weighted by molar-refractivity contribution is 5.90. The van der Waals surface area contributed by atoms with E-state index in [1.165, 1.54) is 0 Å². The zero-order valence-corrected chi connectivity index (χ0v) is 16.7. The molecule has 1 saturated carbocycles. The topological polar surface area (TPSA) is 58.6 Å². The lowest BCUT2D eigenvalue weighted by Gasteiger charge is -2.35. The molecule has 0 unspecified atom stereocenters. The summed E-state index contributed by atoms with van der Waals surface area (Å²) < 4.78 is 5.50. The molecule has 2 fully saturated rings. The smallest absolute Gasteiger partial charge is 0.325 e. The average molecular weight is 392 g/mol. The third kappa shape index (κ3) is 4.35. The van der Waals surface area contributed by atoms with Gasteiger partial charge in [0.05, 0.1) is 11.6 Å². The molecule has 1 aliphatic heterocycles.